The van der Waals surface area contributed by atoms with Gasteiger partial charge in [-0.2, -0.15) is 0 Å². The van der Waals surface area contributed by atoms with E-state index in [9.17, 15) is 12.8 Å². The van der Waals surface area contributed by atoms with Gasteiger partial charge in [-0.25, -0.2) is 17.5 Å². The molecule has 1 fully saturated rings. The minimum atomic E-state index is -3.53. The van der Waals surface area contributed by atoms with Crippen LogP contribution in [-0.2, 0) is 10.0 Å². The summed E-state index contributed by atoms with van der Waals surface area (Å²) >= 11 is 0. The molecule has 0 bridgehead atoms. The van der Waals surface area contributed by atoms with Crippen LogP contribution in [-0.4, -0.2) is 39.5 Å². The van der Waals surface area contributed by atoms with E-state index in [4.69, 9.17) is 0 Å². The maximum absolute atomic E-state index is 12.8. The fraction of sp³-hybridized carbons (Fsp3) is 0.571. The minimum absolute atomic E-state index is 0.103. The van der Waals surface area contributed by atoms with Gasteiger partial charge in [-0.05, 0) is 49.6 Å². The molecule has 0 radical (unpaired) electrons. The van der Waals surface area contributed by atoms with Gasteiger partial charge in [0.15, 0.2) is 0 Å². The summed E-state index contributed by atoms with van der Waals surface area (Å²) in [5.74, 6) is 0.240. The summed E-state index contributed by atoms with van der Waals surface area (Å²) < 4.78 is 39.3. The van der Waals surface area contributed by atoms with Gasteiger partial charge in [0.05, 0.1) is 4.90 Å². The zero-order chi connectivity index (χ0) is 14.6. The van der Waals surface area contributed by atoms with Crippen molar-refractivity contribution in [1.82, 2.24) is 9.62 Å². The number of hydrogen-bond donors (Lipinski definition) is 1. The van der Waals surface area contributed by atoms with E-state index in [1.54, 1.807) is 0 Å². The van der Waals surface area contributed by atoms with Gasteiger partial charge in [0.1, 0.15) is 5.82 Å². The third-order valence-electron chi connectivity index (χ3n) is 3.59. The number of sulfonamides is 1. The Morgan fingerprint density at radius 2 is 2.05 bits per heavy atom. The van der Waals surface area contributed by atoms with Gasteiger partial charge in [0.2, 0.25) is 10.0 Å². The quantitative estimate of drug-likeness (QED) is 0.902. The smallest absolute Gasteiger partial charge is 0.240 e. The standard InChI is InChI=1S/C14H21FN2O2S/c1-12-3-2-9-17(11-12)10-8-16-20(18,19)14-6-4-13(15)5-7-14/h4-7,12,16H,2-3,8-11H2,1H3. The Balaban J connectivity index is 1.85. The monoisotopic (exact) mass is 300 g/mol. The molecule has 2 rings (SSSR count). The summed E-state index contributed by atoms with van der Waals surface area (Å²) in [6, 6.07) is 4.86. The van der Waals surface area contributed by atoms with E-state index >= 15 is 0 Å². The molecule has 4 nitrogen and oxygen atoms in total. The summed E-state index contributed by atoms with van der Waals surface area (Å²) in [7, 11) is -3.53. The second kappa shape index (κ2) is 6.65. The lowest BCUT2D eigenvalue weighted by molar-refractivity contribution is 0.187. The second-order valence-corrected chi connectivity index (χ2v) is 7.17. The molecule has 1 aromatic rings. The first-order valence-corrected chi connectivity index (χ1v) is 8.43. The van der Waals surface area contributed by atoms with Crippen molar-refractivity contribution in [2.75, 3.05) is 26.2 Å². The van der Waals surface area contributed by atoms with E-state index < -0.39 is 15.8 Å². The Kier molecular flexibility index (Phi) is 5.12. The predicted octanol–water partition coefficient (Wildman–Crippen LogP) is 1.84. The molecule has 1 atom stereocenters. The highest BCUT2D eigenvalue weighted by Crippen LogP contribution is 2.15. The van der Waals surface area contributed by atoms with Crippen LogP contribution in [0.4, 0.5) is 4.39 Å². The highest BCUT2D eigenvalue weighted by molar-refractivity contribution is 7.89. The SMILES string of the molecule is CC1CCCN(CCNS(=O)(=O)c2ccc(F)cc2)C1. The number of piperidine rings is 1. The molecule has 1 saturated heterocycles. The van der Waals surface area contributed by atoms with Crippen molar-refractivity contribution in [2.45, 2.75) is 24.7 Å². The Hall–Kier alpha value is -0.980. The Bertz CT molecular complexity index is 531. The zero-order valence-corrected chi connectivity index (χ0v) is 12.5. The van der Waals surface area contributed by atoms with Crippen LogP contribution in [0.2, 0.25) is 0 Å². The molecule has 0 spiro atoms. The Morgan fingerprint density at radius 3 is 2.70 bits per heavy atom. The summed E-state index contributed by atoms with van der Waals surface area (Å²) in [6.45, 7) is 5.37. The highest BCUT2D eigenvalue weighted by atomic mass is 32.2. The van der Waals surface area contributed by atoms with Gasteiger partial charge >= 0.3 is 0 Å². The third kappa shape index (κ3) is 4.26. The summed E-state index contributed by atoms with van der Waals surface area (Å²) in [5.41, 5.74) is 0. The zero-order valence-electron chi connectivity index (χ0n) is 11.7. The van der Waals surface area contributed by atoms with Crippen molar-refractivity contribution in [3.63, 3.8) is 0 Å². The van der Waals surface area contributed by atoms with Crippen LogP contribution in [0.5, 0.6) is 0 Å². The molecule has 1 N–H and O–H groups in total. The number of likely N-dealkylation sites (tertiary alicyclic amines) is 1. The lowest BCUT2D eigenvalue weighted by Crippen LogP contribution is -2.40. The molecule has 1 heterocycles. The van der Waals surface area contributed by atoms with Gasteiger partial charge in [0.25, 0.3) is 0 Å². The Labute approximate surface area is 120 Å². The normalized spacial score (nSPS) is 21.0. The summed E-state index contributed by atoms with van der Waals surface area (Å²) in [4.78, 5) is 2.38. The number of nitrogens with zero attached hydrogens (tertiary/aromatic N) is 1. The molecule has 1 unspecified atom stereocenters. The molecule has 1 aliphatic heterocycles. The van der Waals surface area contributed by atoms with Crippen LogP contribution in [0.15, 0.2) is 29.2 Å². The molecule has 6 heteroatoms. The fourth-order valence-corrected chi connectivity index (χ4v) is 3.55. The lowest BCUT2D eigenvalue weighted by atomic mass is 10.0. The van der Waals surface area contributed by atoms with Crippen LogP contribution in [0.25, 0.3) is 0 Å². The van der Waals surface area contributed by atoms with E-state index in [2.05, 4.69) is 16.5 Å². The van der Waals surface area contributed by atoms with Crippen LogP contribution >= 0.6 is 0 Å². The number of hydrogen-bond acceptors (Lipinski definition) is 3. The highest BCUT2D eigenvalue weighted by Gasteiger charge is 2.17. The van der Waals surface area contributed by atoms with Crippen molar-refractivity contribution in [1.29, 1.82) is 0 Å². The van der Waals surface area contributed by atoms with Crippen molar-refractivity contribution in [3.05, 3.63) is 30.1 Å². The molecule has 20 heavy (non-hydrogen) atoms. The van der Waals surface area contributed by atoms with E-state index in [0.717, 1.165) is 25.2 Å². The van der Waals surface area contributed by atoms with Crippen molar-refractivity contribution < 1.29 is 12.8 Å². The lowest BCUT2D eigenvalue weighted by Gasteiger charge is -2.30. The Morgan fingerprint density at radius 1 is 1.35 bits per heavy atom. The molecule has 0 aliphatic carbocycles. The summed E-state index contributed by atoms with van der Waals surface area (Å²) in [6.07, 6.45) is 2.42. The second-order valence-electron chi connectivity index (χ2n) is 5.40. The van der Waals surface area contributed by atoms with Crippen molar-refractivity contribution >= 4 is 10.0 Å². The minimum Gasteiger partial charge on any atom is -0.302 e. The van der Waals surface area contributed by atoms with Crippen LogP contribution in [0, 0.1) is 11.7 Å². The van der Waals surface area contributed by atoms with Gasteiger partial charge in [-0.15, -0.1) is 0 Å². The first-order valence-electron chi connectivity index (χ1n) is 6.95. The fourth-order valence-electron chi connectivity index (χ4n) is 2.52. The largest absolute Gasteiger partial charge is 0.302 e. The molecule has 112 valence electrons. The topological polar surface area (TPSA) is 49.4 Å². The molecule has 1 aliphatic rings. The molecular formula is C14H21FN2O2S. The number of benzene rings is 1. The van der Waals surface area contributed by atoms with Gasteiger partial charge < -0.3 is 4.90 Å². The predicted molar refractivity (Wildman–Crippen MR) is 76.4 cm³/mol. The molecular weight excluding hydrogens is 279 g/mol. The van der Waals surface area contributed by atoms with E-state index in [-0.39, 0.29) is 4.90 Å². The van der Waals surface area contributed by atoms with E-state index in [1.807, 2.05) is 0 Å². The average Bonchev–Trinajstić information content (AvgIpc) is 2.39. The van der Waals surface area contributed by atoms with E-state index in [0.29, 0.717) is 19.0 Å². The van der Waals surface area contributed by atoms with Crippen LogP contribution in [0.1, 0.15) is 19.8 Å². The molecule has 1 aromatic carbocycles. The third-order valence-corrected chi connectivity index (χ3v) is 5.06. The molecule has 0 aromatic heterocycles. The summed E-state index contributed by atoms with van der Waals surface area (Å²) in [5, 5.41) is 0. The number of halogens is 1. The average molecular weight is 300 g/mol. The van der Waals surface area contributed by atoms with Gasteiger partial charge in [-0.3, -0.25) is 0 Å². The number of rotatable bonds is 5. The van der Waals surface area contributed by atoms with Crippen molar-refractivity contribution in [3.8, 4) is 0 Å². The van der Waals surface area contributed by atoms with Gasteiger partial charge in [0, 0.05) is 19.6 Å². The van der Waals surface area contributed by atoms with Gasteiger partial charge in [-0.1, -0.05) is 6.92 Å². The molecule has 0 saturated carbocycles. The van der Waals surface area contributed by atoms with E-state index in [1.165, 1.54) is 25.0 Å². The maximum atomic E-state index is 12.8. The number of nitrogens with one attached hydrogen (secondary N) is 1. The first kappa shape index (κ1) is 15.4. The van der Waals surface area contributed by atoms with Crippen LogP contribution < -0.4 is 4.72 Å². The molecule has 0 amide bonds. The first-order chi connectivity index (χ1) is 9.47. The van der Waals surface area contributed by atoms with Crippen molar-refractivity contribution in [2.24, 2.45) is 5.92 Å². The maximum Gasteiger partial charge on any atom is 0.240 e. The van der Waals surface area contributed by atoms with Crippen LogP contribution in [0.3, 0.4) is 0 Å².